The van der Waals surface area contributed by atoms with Crippen molar-refractivity contribution in [3.05, 3.63) is 52.6 Å². The lowest BCUT2D eigenvalue weighted by Crippen LogP contribution is -2.33. The van der Waals surface area contributed by atoms with Crippen LogP contribution in [0, 0.1) is 0 Å². The van der Waals surface area contributed by atoms with E-state index in [-0.39, 0.29) is 17.1 Å². The largest absolute Gasteiger partial charge is 0.394 e. The standard InChI is InChI=1S/C17H19N5O5/c23-7-10-12(24)13(25)16(27-10)22-14-11(15(26)20-8-19-14)21-17(22)18-6-9-4-2-1-3-5-9/h1-5,8,10,12-13,16,23-25H,6-7H2,(H,18,21)(H,19,20,26)/t10-,12-,13+,16+/m0/s1. The number of hydrogen-bond acceptors (Lipinski definition) is 8. The van der Waals surface area contributed by atoms with Crippen LogP contribution in [0.1, 0.15) is 11.8 Å². The summed E-state index contributed by atoms with van der Waals surface area (Å²) in [5, 5.41) is 32.9. The molecule has 5 N–H and O–H groups in total. The first-order valence-corrected chi connectivity index (χ1v) is 8.46. The van der Waals surface area contributed by atoms with Crippen LogP contribution in [0.3, 0.4) is 0 Å². The van der Waals surface area contributed by atoms with Crippen LogP contribution in [0.5, 0.6) is 0 Å². The highest BCUT2D eigenvalue weighted by Gasteiger charge is 2.45. The lowest BCUT2D eigenvalue weighted by Gasteiger charge is -2.19. The summed E-state index contributed by atoms with van der Waals surface area (Å²) in [5.41, 5.74) is 0.822. The van der Waals surface area contributed by atoms with E-state index >= 15 is 0 Å². The van der Waals surface area contributed by atoms with Gasteiger partial charge in [-0.15, -0.1) is 0 Å². The van der Waals surface area contributed by atoms with E-state index in [4.69, 9.17) is 4.74 Å². The fourth-order valence-corrected chi connectivity index (χ4v) is 3.16. The minimum absolute atomic E-state index is 0.0748. The fraction of sp³-hybridized carbons (Fsp3) is 0.353. The number of fused-ring (bicyclic) bond motifs is 1. The maximum atomic E-state index is 12.1. The minimum atomic E-state index is -1.32. The summed E-state index contributed by atoms with van der Waals surface area (Å²) in [4.78, 5) is 23.0. The number of anilines is 1. The Morgan fingerprint density at radius 2 is 2.00 bits per heavy atom. The topological polar surface area (TPSA) is 146 Å². The van der Waals surface area contributed by atoms with E-state index in [1.807, 2.05) is 30.3 Å². The van der Waals surface area contributed by atoms with Crippen molar-refractivity contribution in [3.63, 3.8) is 0 Å². The van der Waals surface area contributed by atoms with Crippen molar-refractivity contribution in [2.75, 3.05) is 11.9 Å². The molecule has 0 unspecified atom stereocenters. The maximum absolute atomic E-state index is 12.1. The molecule has 0 amide bonds. The second-order valence-corrected chi connectivity index (χ2v) is 6.28. The average Bonchev–Trinajstić information content (AvgIpc) is 3.19. The van der Waals surface area contributed by atoms with Gasteiger partial charge in [-0.3, -0.25) is 9.36 Å². The van der Waals surface area contributed by atoms with E-state index in [2.05, 4.69) is 20.3 Å². The third kappa shape index (κ3) is 3.08. The smallest absolute Gasteiger partial charge is 0.278 e. The molecule has 4 rings (SSSR count). The molecule has 1 fully saturated rings. The Morgan fingerprint density at radius 3 is 2.70 bits per heavy atom. The van der Waals surface area contributed by atoms with Gasteiger partial charge in [-0.05, 0) is 5.56 Å². The van der Waals surface area contributed by atoms with Gasteiger partial charge in [-0.2, -0.15) is 0 Å². The number of aliphatic hydroxyl groups is 3. The molecule has 3 aromatic rings. The third-order valence-corrected chi connectivity index (χ3v) is 4.55. The van der Waals surface area contributed by atoms with Crippen molar-refractivity contribution in [1.29, 1.82) is 0 Å². The van der Waals surface area contributed by atoms with Gasteiger partial charge < -0.3 is 30.4 Å². The van der Waals surface area contributed by atoms with Gasteiger partial charge in [-0.1, -0.05) is 30.3 Å². The molecular weight excluding hydrogens is 354 g/mol. The molecule has 27 heavy (non-hydrogen) atoms. The van der Waals surface area contributed by atoms with Crippen LogP contribution >= 0.6 is 0 Å². The molecule has 0 bridgehead atoms. The molecule has 10 nitrogen and oxygen atoms in total. The first-order chi connectivity index (χ1) is 13.1. The molecule has 0 radical (unpaired) electrons. The fourth-order valence-electron chi connectivity index (χ4n) is 3.16. The summed E-state index contributed by atoms with van der Waals surface area (Å²) in [6.45, 7) is -0.0426. The van der Waals surface area contributed by atoms with Gasteiger partial charge in [0.25, 0.3) is 5.56 Å². The van der Waals surface area contributed by atoms with Gasteiger partial charge in [0.05, 0.1) is 12.9 Å². The van der Waals surface area contributed by atoms with Gasteiger partial charge in [0.1, 0.15) is 18.3 Å². The summed E-state index contributed by atoms with van der Waals surface area (Å²) in [5.74, 6) is 0.257. The van der Waals surface area contributed by atoms with Crippen molar-refractivity contribution >= 4 is 17.1 Å². The normalized spacial score (nSPS) is 25.1. The Morgan fingerprint density at radius 1 is 1.22 bits per heavy atom. The minimum Gasteiger partial charge on any atom is -0.394 e. The van der Waals surface area contributed by atoms with Crippen LogP contribution < -0.4 is 10.9 Å². The van der Waals surface area contributed by atoms with E-state index < -0.39 is 36.7 Å². The molecular formula is C17H19N5O5. The predicted octanol–water partition coefficient (Wildman–Crippen LogP) is -0.657. The van der Waals surface area contributed by atoms with Crippen molar-refractivity contribution < 1.29 is 20.1 Å². The second kappa shape index (κ2) is 7.08. The number of benzene rings is 1. The van der Waals surface area contributed by atoms with Crippen LogP contribution in [0.4, 0.5) is 5.95 Å². The van der Waals surface area contributed by atoms with Crippen LogP contribution in [0.2, 0.25) is 0 Å². The molecule has 1 aliphatic rings. The third-order valence-electron chi connectivity index (χ3n) is 4.55. The Hall–Kier alpha value is -2.79. The molecule has 0 aliphatic carbocycles. The first kappa shape index (κ1) is 17.6. The van der Waals surface area contributed by atoms with Crippen LogP contribution in [0.15, 0.2) is 41.5 Å². The van der Waals surface area contributed by atoms with E-state index in [1.165, 1.54) is 10.9 Å². The number of nitrogens with zero attached hydrogens (tertiary/aromatic N) is 3. The average molecular weight is 373 g/mol. The van der Waals surface area contributed by atoms with Gasteiger partial charge >= 0.3 is 0 Å². The molecule has 1 aromatic carbocycles. The van der Waals surface area contributed by atoms with Gasteiger partial charge in [0, 0.05) is 6.54 Å². The summed E-state index contributed by atoms with van der Waals surface area (Å²) in [7, 11) is 0. The number of rotatable bonds is 5. The summed E-state index contributed by atoms with van der Waals surface area (Å²) >= 11 is 0. The molecule has 0 saturated carbocycles. The quantitative estimate of drug-likeness (QED) is 0.396. The zero-order valence-corrected chi connectivity index (χ0v) is 14.2. The SMILES string of the molecule is O=c1[nH]cnc2c1nc(NCc1ccccc1)n2[C@@H]1O[C@@H](CO)[C@H](O)[C@H]1O. The van der Waals surface area contributed by atoms with Crippen LogP contribution in [0.25, 0.3) is 11.2 Å². The summed E-state index contributed by atoms with van der Waals surface area (Å²) < 4.78 is 7.03. The molecule has 142 valence electrons. The Kier molecular flexibility index (Phi) is 4.62. The van der Waals surface area contributed by atoms with Crippen molar-refractivity contribution in [2.24, 2.45) is 0 Å². The highest BCUT2D eigenvalue weighted by Crippen LogP contribution is 2.33. The van der Waals surface area contributed by atoms with Gasteiger partial charge in [0.15, 0.2) is 17.4 Å². The number of aromatic nitrogens is 4. The molecule has 2 aromatic heterocycles. The summed E-state index contributed by atoms with van der Waals surface area (Å²) in [6, 6.07) is 9.56. The number of imidazole rings is 1. The van der Waals surface area contributed by atoms with E-state index in [0.717, 1.165) is 5.56 Å². The van der Waals surface area contributed by atoms with Crippen molar-refractivity contribution in [2.45, 2.75) is 31.1 Å². The first-order valence-electron chi connectivity index (χ1n) is 8.46. The Bertz CT molecular complexity index is 988. The van der Waals surface area contributed by atoms with Gasteiger partial charge in [-0.25, -0.2) is 9.97 Å². The van der Waals surface area contributed by atoms with E-state index in [9.17, 15) is 20.1 Å². The van der Waals surface area contributed by atoms with Crippen LogP contribution in [-0.2, 0) is 11.3 Å². The maximum Gasteiger partial charge on any atom is 0.278 e. The van der Waals surface area contributed by atoms with Gasteiger partial charge in [0.2, 0.25) is 5.95 Å². The predicted molar refractivity (Wildman–Crippen MR) is 94.9 cm³/mol. The number of aliphatic hydroxyl groups excluding tert-OH is 3. The zero-order valence-electron chi connectivity index (χ0n) is 14.2. The van der Waals surface area contributed by atoms with Crippen LogP contribution in [-0.4, -0.2) is 59.8 Å². The van der Waals surface area contributed by atoms with E-state index in [0.29, 0.717) is 6.54 Å². The second-order valence-electron chi connectivity index (χ2n) is 6.28. The summed E-state index contributed by atoms with van der Waals surface area (Å²) in [6.07, 6.45) is -3.38. The number of ether oxygens (including phenoxy) is 1. The molecule has 4 atom stereocenters. The Balaban J connectivity index is 1.76. The lowest BCUT2D eigenvalue weighted by atomic mass is 10.1. The molecule has 3 heterocycles. The molecule has 10 heteroatoms. The molecule has 1 aliphatic heterocycles. The lowest BCUT2D eigenvalue weighted by molar-refractivity contribution is -0.0501. The monoisotopic (exact) mass is 373 g/mol. The number of aromatic amines is 1. The number of hydrogen-bond donors (Lipinski definition) is 5. The number of nitrogens with one attached hydrogen (secondary N) is 2. The molecule has 1 saturated heterocycles. The van der Waals surface area contributed by atoms with Crippen molar-refractivity contribution in [1.82, 2.24) is 19.5 Å². The molecule has 0 spiro atoms. The number of H-pyrrole nitrogens is 1. The highest BCUT2D eigenvalue weighted by molar-refractivity contribution is 5.73. The van der Waals surface area contributed by atoms with E-state index in [1.54, 1.807) is 0 Å². The zero-order chi connectivity index (χ0) is 19.0. The Labute approximate surface area is 153 Å². The van der Waals surface area contributed by atoms with Crippen molar-refractivity contribution in [3.8, 4) is 0 Å². The highest BCUT2D eigenvalue weighted by atomic mass is 16.6.